The lowest BCUT2D eigenvalue weighted by Gasteiger charge is -2.13. The normalized spacial score (nSPS) is 11.1. The molecular weight excluding hydrogens is 194 g/mol. The van der Waals surface area contributed by atoms with E-state index in [-0.39, 0.29) is 5.75 Å². The van der Waals surface area contributed by atoms with E-state index >= 15 is 0 Å². The molecule has 5 heteroatoms. The molecule has 0 atom stereocenters. The fourth-order valence-corrected chi connectivity index (χ4v) is 0.871. The predicted molar refractivity (Wildman–Crippen MR) is 44.4 cm³/mol. The molecule has 1 N–H and O–H groups in total. The van der Waals surface area contributed by atoms with Crippen LogP contribution in [0.15, 0.2) is 24.3 Å². The number of halogens is 2. The number of benzene rings is 1. The van der Waals surface area contributed by atoms with Gasteiger partial charge < -0.3 is 9.84 Å². The van der Waals surface area contributed by atoms with Crippen LogP contribution < -0.4 is 4.74 Å². The van der Waals surface area contributed by atoms with Crippen molar-refractivity contribution in [3.8, 4) is 5.75 Å². The van der Waals surface area contributed by atoms with Gasteiger partial charge in [0.15, 0.2) is 0 Å². The van der Waals surface area contributed by atoms with Gasteiger partial charge in [0.1, 0.15) is 5.75 Å². The van der Waals surface area contributed by atoms with Crippen molar-refractivity contribution in [2.24, 2.45) is 0 Å². The number of aliphatic carboxylic acids is 1. The summed E-state index contributed by atoms with van der Waals surface area (Å²) >= 11 is 0. The van der Waals surface area contributed by atoms with E-state index in [4.69, 9.17) is 5.11 Å². The minimum absolute atomic E-state index is 0.169. The molecule has 0 spiro atoms. The van der Waals surface area contributed by atoms with Crippen molar-refractivity contribution in [2.45, 2.75) is 13.0 Å². The molecule has 0 saturated carbocycles. The quantitative estimate of drug-likeness (QED) is 0.815. The zero-order chi connectivity index (χ0) is 10.8. The van der Waals surface area contributed by atoms with Gasteiger partial charge in [0, 0.05) is 0 Å². The molecule has 0 aromatic heterocycles. The molecule has 1 aromatic carbocycles. The Morgan fingerprint density at radius 3 is 2.64 bits per heavy atom. The molecular formula is C9H8F2O3. The molecule has 0 saturated heterocycles. The molecule has 1 rings (SSSR count). The lowest BCUT2D eigenvalue weighted by atomic mass is 10.2. The smallest absolute Gasteiger partial charge is 0.474 e. The van der Waals surface area contributed by atoms with E-state index in [9.17, 15) is 13.6 Å². The summed E-state index contributed by atoms with van der Waals surface area (Å²) in [7, 11) is 0. The topological polar surface area (TPSA) is 46.5 Å². The number of aryl methyl sites for hydroxylation is 1. The third-order valence-corrected chi connectivity index (χ3v) is 1.48. The highest BCUT2D eigenvalue weighted by Crippen LogP contribution is 2.22. The van der Waals surface area contributed by atoms with Crippen LogP contribution in [0.3, 0.4) is 0 Å². The predicted octanol–water partition coefficient (Wildman–Crippen LogP) is 2.05. The number of rotatable bonds is 3. The maximum atomic E-state index is 12.5. The van der Waals surface area contributed by atoms with E-state index in [0.717, 1.165) is 0 Å². The maximum absolute atomic E-state index is 12.5. The van der Waals surface area contributed by atoms with E-state index in [1.54, 1.807) is 13.0 Å². The van der Waals surface area contributed by atoms with Crippen molar-refractivity contribution >= 4 is 5.97 Å². The second-order valence-corrected chi connectivity index (χ2v) is 2.74. The standard InChI is InChI=1S/C9H8F2O3/c1-6-3-2-4-7(5-6)14-9(10,11)8(12)13/h2-5H,1H3,(H,12,13). The molecule has 76 valence electrons. The van der Waals surface area contributed by atoms with Crippen LogP contribution in [-0.2, 0) is 4.79 Å². The summed E-state index contributed by atoms with van der Waals surface area (Å²) in [6, 6.07) is 5.79. The Morgan fingerprint density at radius 1 is 1.50 bits per heavy atom. The fraction of sp³-hybridized carbons (Fsp3) is 0.222. The average molecular weight is 202 g/mol. The Hall–Kier alpha value is -1.65. The molecule has 3 nitrogen and oxygen atoms in total. The van der Waals surface area contributed by atoms with Gasteiger partial charge in [0.25, 0.3) is 0 Å². The summed E-state index contributed by atoms with van der Waals surface area (Å²) in [4.78, 5) is 10.0. The van der Waals surface area contributed by atoms with Gasteiger partial charge in [-0.1, -0.05) is 12.1 Å². The van der Waals surface area contributed by atoms with E-state index in [1.165, 1.54) is 18.2 Å². The molecule has 0 bridgehead atoms. The largest absolute Gasteiger partial charge is 0.501 e. The van der Waals surface area contributed by atoms with Crippen LogP contribution in [0.2, 0.25) is 0 Å². The summed E-state index contributed by atoms with van der Waals surface area (Å²) < 4.78 is 29.1. The van der Waals surface area contributed by atoms with Crippen LogP contribution >= 0.6 is 0 Å². The number of hydrogen-bond acceptors (Lipinski definition) is 2. The Bertz CT molecular complexity index is 350. The zero-order valence-electron chi connectivity index (χ0n) is 7.33. The molecule has 0 amide bonds. The van der Waals surface area contributed by atoms with Crippen molar-refractivity contribution in [3.63, 3.8) is 0 Å². The summed E-state index contributed by atoms with van der Waals surface area (Å²) in [5, 5.41) is 8.10. The van der Waals surface area contributed by atoms with Crippen LogP contribution in [0.4, 0.5) is 8.78 Å². The first-order valence-corrected chi connectivity index (χ1v) is 3.79. The Labute approximate surface area is 78.9 Å². The number of alkyl halides is 2. The molecule has 0 radical (unpaired) electrons. The number of ether oxygens (including phenoxy) is 1. The third kappa shape index (κ3) is 2.42. The Morgan fingerprint density at radius 2 is 2.14 bits per heavy atom. The van der Waals surface area contributed by atoms with Crippen LogP contribution in [0.1, 0.15) is 5.56 Å². The summed E-state index contributed by atoms with van der Waals surface area (Å²) in [5.74, 6) is -2.48. The van der Waals surface area contributed by atoms with Crippen molar-refractivity contribution in [1.82, 2.24) is 0 Å². The first-order chi connectivity index (χ1) is 6.42. The second kappa shape index (κ2) is 3.61. The molecule has 0 aliphatic carbocycles. The molecule has 14 heavy (non-hydrogen) atoms. The van der Waals surface area contributed by atoms with Gasteiger partial charge in [-0.2, -0.15) is 8.78 Å². The fourth-order valence-electron chi connectivity index (χ4n) is 0.871. The number of hydrogen-bond donors (Lipinski definition) is 1. The van der Waals surface area contributed by atoms with Crippen LogP contribution in [0, 0.1) is 6.92 Å². The minimum atomic E-state index is -4.19. The van der Waals surface area contributed by atoms with Crippen LogP contribution in [0.25, 0.3) is 0 Å². The first kappa shape index (κ1) is 10.4. The van der Waals surface area contributed by atoms with E-state index < -0.39 is 12.1 Å². The van der Waals surface area contributed by atoms with Gasteiger partial charge in [-0.05, 0) is 24.6 Å². The van der Waals surface area contributed by atoms with Gasteiger partial charge >= 0.3 is 12.1 Å². The number of carboxylic acid groups (broad SMARTS) is 1. The summed E-state index contributed by atoms with van der Waals surface area (Å²) in [6.07, 6.45) is -4.19. The average Bonchev–Trinajstić information content (AvgIpc) is 2.02. The summed E-state index contributed by atoms with van der Waals surface area (Å²) in [5.41, 5.74) is 0.712. The van der Waals surface area contributed by atoms with Crippen molar-refractivity contribution in [3.05, 3.63) is 29.8 Å². The lowest BCUT2D eigenvalue weighted by molar-refractivity contribution is -0.210. The Kier molecular flexibility index (Phi) is 2.69. The second-order valence-electron chi connectivity index (χ2n) is 2.74. The molecule has 0 aliphatic heterocycles. The highest BCUT2D eigenvalue weighted by molar-refractivity contribution is 5.73. The number of carbonyl (C=O) groups is 1. The molecule has 0 heterocycles. The zero-order valence-corrected chi connectivity index (χ0v) is 7.33. The minimum Gasteiger partial charge on any atom is -0.474 e. The van der Waals surface area contributed by atoms with Gasteiger partial charge in [0.2, 0.25) is 0 Å². The van der Waals surface area contributed by atoms with Gasteiger partial charge in [-0.15, -0.1) is 0 Å². The van der Waals surface area contributed by atoms with Crippen LogP contribution in [-0.4, -0.2) is 17.2 Å². The Balaban J connectivity index is 2.83. The highest BCUT2D eigenvalue weighted by atomic mass is 19.3. The monoisotopic (exact) mass is 202 g/mol. The molecule has 0 unspecified atom stereocenters. The van der Waals surface area contributed by atoms with Crippen LogP contribution in [0.5, 0.6) is 5.75 Å². The highest BCUT2D eigenvalue weighted by Gasteiger charge is 2.42. The van der Waals surface area contributed by atoms with Gasteiger partial charge in [-0.3, -0.25) is 0 Å². The van der Waals surface area contributed by atoms with E-state index in [0.29, 0.717) is 5.56 Å². The number of carboxylic acids is 1. The van der Waals surface area contributed by atoms with E-state index in [2.05, 4.69) is 4.74 Å². The molecule has 0 fully saturated rings. The first-order valence-electron chi connectivity index (χ1n) is 3.79. The van der Waals surface area contributed by atoms with Gasteiger partial charge in [-0.25, -0.2) is 4.79 Å². The van der Waals surface area contributed by atoms with Crippen molar-refractivity contribution < 1.29 is 23.4 Å². The van der Waals surface area contributed by atoms with Crippen molar-refractivity contribution in [2.75, 3.05) is 0 Å². The summed E-state index contributed by atoms with van der Waals surface area (Å²) in [6.45, 7) is 1.69. The molecule has 1 aromatic rings. The maximum Gasteiger partial charge on any atom is 0.501 e. The van der Waals surface area contributed by atoms with Gasteiger partial charge in [0.05, 0.1) is 0 Å². The third-order valence-electron chi connectivity index (χ3n) is 1.48. The lowest BCUT2D eigenvalue weighted by Crippen LogP contribution is -2.34. The SMILES string of the molecule is Cc1cccc(OC(F)(F)C(=O)O)c1. The van der Waals surface area contributed by atoms with Crippen molar-refractivity contribution in [1.29, 1.82) is 0 Å². The molecule has 0 aliphatic rings. The van der Waals surface area contributed by atoms with E-state index in [1.807, 2.05) is 0 Å².